The number of aromatic nitrogens is 2. The summed E-state index contributed by atoms with van der Waals surface area (Å²) in [6.45, 7) is 5.14. The third kappa shape index (κ3) is 4.61. The second-order valence-electron chi connectivity index (χ2n) is 6.80. The molecule has 2 aromatic rings. The highest BCUT2D eigenvalue weighted by Gasteiger charge is 2.32. The molecular formula is C20H25N5O4. The third-order valence-corrected chi connectivity index (χ3v) is 5.05. The van der Waals surface area contributed by atoms with E-state index < -0.39 is 4.92 Å². The number of piperidine rings is 1. The molecule has 1 N–H and O–H groups in total. The Balaban J connectivity index is 1.85. The third-order valence-electron chi connectivity index (χ3n) is 5.05. The first kappa shape index (κ1) is 20.5. The van der Waals surface area contributed by atoms with Gasteiger partial charge in [0.2, 0.25) is 11.6 Å². The minimum absolute atomic E-state index is 0.159. The number of ether oxygens (including phenoxy) is 1. The fourth-order valence-corrected chi connectivity index (χ4v) is 3.53. The average molecular weight is 399 g/mol. The molecule has 0 radical (unpaired) electrons. The van der Waals surface area contributed by atoms with E-state index in [1.165, 1.54) is 6.33 Å². The maximum Gasteiger partial charge on any atom is 0.353 e. The van der Waals surface area contributed by atoms with E-state index in [0.717, 1.165) is 17.7 Å². The van der Waals surface area contributed by atoms with Gasteiger partial charge in [0.25, 0.3) is 0 Å². The van der Waals surface area contributed by atoms with Crippen LogP contribution in [0.5, 0.6) is 0 Å². The van der Waals surface area contributed by atoms with Gasteiger partial charge in [-0.2, -0.15) is 0 Å². The molecule has 0 aliphatic carbocycles. The molecule has 1 aliphatic rings. The van der Waals surface area contributed by atoms with Gasteiger partial charge in [0.05, 0.1) is 17.4 Å². The first-order valence-electron chi connectivity index (χ1n) is 9.81. The molecule has 1 aromatic heterocycles. The zero-order valence-electron chi connectivity index (χ0n) is 16.6. The fourth-order valence-electron chi connectivity index (χ4n) is 3.53. The Bertz CT molecular complexity index is 881. The highest BCUT2D eigenvalue weighted by Crippen LogP contribution is 2.36. The van der Waals surface area contributed by atoms with Gasteiger partial charge >= 0.3 is 11.7 Å². The number of hydrogen-bond acceptors (Lipinski definition) is 8. The van der Waals surface area contributed by atoms with Gasteiger partial charge in [-0.25, -0.2) is 9.97 Å². The molecule has 9 heteroatoms. The number of aryl methyl sites for hydroxylation is 1. The van der Waals surface area contributed by atoms with Crippen LogP contribution in [0.15, 0.2) is 30.6 Å². The first-order chi connectivity index (χ1) is 14.0. The molecule has 1 saturated heterocycles. The molecule has 1 aromatic carbocycles. The Labute approximate surface area is 169 Å². The topological polar surface area (TPSA) is 110 Å². The van der Waals surface area contributed by atoms with Gasteiger partial charge in [-0.15, -0.1) is 0 Å². The van der Waals surface area contributed by atoms with Crippen LogP contribution in [0, 0.1) is 16.0 Å². The van der Waals surface area contributed by atoms with E-state index in [1.54, 1.807) is 6.92 Å². The quantitative estimate of drug-likeness (QED) is 0.428. The highest BCUT2D eigenvalue weighted by molar-refractivity contribution is 5.76. The van der Waals surface area contributed by atoms with E-state index in [2.05, 4.69) is 15.3 Å². The standard InChI is InChI=1S/C20H25N5O4/c1-3-14-7-5-6-8-16(14)23-18-17(25(27)28)19(22-13-21-18)24-11-9-15(10-12-24)20(26)29-4-2/h5-8,13,15H,3-4,9-12H2,1-2H3,(H,21,22,23). The van der Waals surface area contributed by atoms with E-state index in [4.69, 9.17) is 4.74 Å². The van der Waals surface area contributed by atoms with Crippen molar-refractivity contribution in [3.8, 4) is 0 Å². The molecule has 0 unspecified atom stereocenters. The molecule has 0 amide bonds. The predicted molar refractivity (Wildman–Crippen MR) is 109 cm³/mol. The van der Waals surface area contributed by atoms with Crippen molar-refractivity contribution in [1.29, 1.82) is 0 Å². The molecule has 1 fully saturated rings. The summed E-state index contributed by atoms with van der Waals surface area (Å²) < 4.78 is 5.09. The number of nitrogens with zero attached hydrogens (tertiary/aromatic N) is 4. The number of rotatable bonds is 7. The number of anilines is 3. The van der Waals surface area contributed by atoms with Gasteiger partial charge in [0.1, 0.15) is 6.33 Å². The van der Waals surface area contributed by atoms with Gasteiger partial charge in [-0.1, -0.05) is 25.1 Å². The Hall–Kier alpha value is -3.23. The zero-order valence-corrected chi connectivity index (χ0v) is 16.6. The summed E-state index contributed by atoms with van der Waals surface area (Å²) in [5.41, 5.74) is 1.66. The van der Waals surface area contributed by atoms with Gasteiger partial charge < -0.3 is 15.0 Å². The summed E-state index contributed by atoms with van der Waals surface area (Å²) in [5.74, 6) is 0.0428. The lowest BCUT2D eigenvalue weighted by atomic mass is 9.97. The summed E-state index contributed by atoms with van der Waals surface area (Å²) in [6, 6.07) is 7.64. The van der Waals surface area contributed by atoms with Crippen molar-refractivity contribution in [3.63, 3.8) is 0 Å². The lowest BCUT2D eigenvalue weighted by Gasteiger charge is -2.31. The minimum Gasteiger partial charge on any atom is -0.466 e. The van der Waals surface area contributed by atoms with E-state index in [1.807, 2.05) is 36.1 Å². The molecule has 0 spiro atoms. The maximum atomic E-state index is 11.9. The SMILES string of the molecule is CCOC(=O)C1CCN(c2ncnc(Nc3ccccc3CC)c2[N+](=O)[O-])CC1. The normalized spacial score (nSPS) is 14.5. The summed E-state index contributed by atoms with van der Waals surface area (Å²) in [7, 11) is 0. The maximum absolute atomic E-state index is 11.9. The number of benzene rings is 1. The van der Waals surface area contributed by atoms with Gasteiger partial charge in [-0.3, -0.25) is 14.9 Å². The first-order valence-corrected chi connectivity index (χ1v) is 9.81. The number of nitro groups is 1. The summed E-state index contributed by atoms with van der Waals surface area (Å²) >= 11 is 0. The Morgan fingerprint density at radius 1 is 1.28 bits per heavy atom. The zero-order chi connectivity index (χ0) is 20.8. The molecule has 29 heavy (non-hydrogen) atoms. The van der Waals surface area contributed by atoms with Crippen LogP contribution in [-0.4, -0.2) is 40.6 Å². The largest absolute Gasteiger partial charge is 0.466 e. The van der Waals surface area contributed by atoms with Crippen molar-refractivity contribution in [2.45, 2.75) is 33.1 Å². The molecule has 0 saturated carbocycles. The second-order valence-corrected chi connectivity index (χ2v) is 6.80. The average Bonchev–Trinajstić information content (AvgIpc) is 2.74. The van der Waals surface area contributed by atoms with Crippen molar-refractivity contribution >= 4 is 29.0 Å². The van der Waals surface area contributed by atoms with Gasteiger partial charge in [-0.05, 0) is 37.8 Å². The fraction of sp³-hybridized carbons (Fsp3) is 0.450. The Kier molecular flexibility index (Phi) is 6.58. The van der Waals surface area contributed by atoms with E-state index in [0.29, 0.717) is 32.5 Å². The second kappa shape index (κ2) is 9.31. The van der Waals surface area contributed by atoms with Crippen LogP contribution in [-0.2, 0) is 16.0 Å². The molecule has 2 heterocycles. The number of carbonyl (C=O) groups excluding carboxylic acids is 1. The lowest BCUT2D eigenvalue weighted by molar-refractivity contribution is -0.383. The van der Waals surface area contributed by atoms with Crippen LogP contribution >= 0.6 is 0 Å². The number of esters is 1. The number of nitrogens with one attached hydrogen (secondary N) is 1. The van der Waals surface area contributed by atoms with Crippen LogP contribution in [0.3, 0.4) is 0 Å². The molecule has 0 bridgehead atoms. The molecule has 0 atom stereocenters. The smallest absolute Gasteiger partial charge is 0.353 e. The van der Waals surface area contributed by atoms with Gasteiger partial charge in [0, 0.05) is 18.8 Å². The van der Waals surface area contributed by atoms with E-state index in [9.17, 15) is 14.9 Å². The number of hydrogen-bond donors (Lipinski definition) is 1. The lowest BCUT2D eigenvalue weighted by Crippen LogP contribution is -2.37. The van der Waals surface area contributed by atoms with E-state index >= 15 is 0 Å². The van der Waals surface area contributed by atoms with Crippen molar-refractivity contribution in [3.05, 3.63) is 46.3 Å². The Morgan fingerprint density at radius 2 is 2.00 bits per heavy atom. The number of carbonyl (C=O) groups is 1. The van der Waals surface area contributed by atoms with Crippen LogP contribution in [0.4, 0.5) is 23.0 Å². The summed E-state index contributed by atoms with van der Waals surface area (Å²) in [5, 5.41) is 15.0. The molecule has 1 aliphatic heterocycles. The van der Waals surface area contributed by atoms with Crippen LogP contribution < -0.4 is 10.2 Å². The van der Waals surface area contributed by atoms with Crippen LogP contribution in [0.2, 0.25) is 0 Å². The highest BCUT2D eigenvalue weighted by atomic mass is 16.6. The van der Waals surface area contributed by atoms with Crippen molar-refractivity contribution in [1.82, 2.24) is 9.97 Å². The molecular weight excluding hydrogens is 374 g/mol. The Morgan fingerprint density at radius 3 is 2.66 bits per heavy atom. The molecule has 154 valence electrons. The van der Waals surface area contributed by atoms with Crippen LogP contribution in [0.25, 0.3) is 0 Å². The van der Waals surface area contributed by atoms with Crippen molar-refractivity contribution < 1.29 is 14.5 Å². The summed E-state index contributed by atoms with van der Waals surface area (Å²) in [4.78, 5) is 33.5. The summed E-state index contributed by atoms with van der Waals surface area (Å²) in [6.07, 6.45) is 3.26. The van der Waals surface area contributed by atoms with Crippen molar-refractivity contribution in [2.75, 3.05) is 29.9 Å². The molecule has 9 nitrogen and oxygen atoms in total. The molecule has 3 rings (SSSR count). The van der Waals surface area contributed by atoms with Crippen LogP contribution in [0.1, 0.15) is 32.3 Å². The number of para-hydroxylation sites is 1. The van der Waals surface area contributed by atoms with Crippen molar-refractivity contribution in [2.24, 2.45) is 5.92 Å². The van der Waals surface area contributed by atoms with Gasteiger partial charge in [0.15, 0.2) is 0 Å². The predicted octanol–water partition coefficient (Wildman–Crippen LogP) is 3.47. The minimum atomic E-state index is -0.455. The van der Waals surface area contributed by atoms with E-state index in [-0.39, 0.29) is 29.2 Å². The monoisotopic (exact) mass is 399 g/mol.